The van der Waals surface area contributed by atoms with Crippen LogP contribution in [0.5, 0.6) is 0 Å². The molecule has 0 heterocycles. The SMILES string of the molecule is [N-]=[N+]=NCC1(N=C=O)CCCC1. The Kier molecular flexibility index (Phi) is 2.86. The lowest BCUT2D eigenvalue weighted by Gasteiger charge is -2.18. The molecule has 1 fully saturated rings. The Hall–Kier alpha value is -1.31. The fraction of sp³-hybridized carbons (Fsp3) is 0.857. The van der Waals surface area contributed by atoms with Crippen molar-refractivity contribution in [3.63, 3.8) is 0 Å². The highest BCUT2D eigenvalue weighted by Crippen LogP contribution is 2.33. The smallest absolute Gasteiger partial charge is 0.211 e. The largest absolute Gasteiger partial charge is 0.235 e. The van der Waals surface area contributed by atoms with Crippen LogP contribution in [0.1, 0.15) is 25.7 Å². The number of rotatable bonds is 3. The Balaban J connectivity index is 2.70. The second kappa shape index (κ2) is 3.90. The predicted octanol–water partition coefficient (Wildman–Crippen LogP) is 1.95. The Morgan fingerprint density at radius 1 is 1.50 bits per heavy atom. The van der Waals surface area contributed by atoms with Gasteiger partial charge < -0.3 is 0 Å². The van der Waals surface area contributed by atoms with Gasteiger partial charge in [-0.3, -0.25) is 0 Å². The van der Waals surface area contributed by atoms with E-state index >= 15 is 0 Å². The average molecular weight is 166 g/mol. The fourth-order valence-corrected chi connectivity index (χ4v) is 1.60. The van der Waals surface area contributed by atoms with Gasteiger partial charge in [0.25, 0.3) is 0 Å². The topological polar surface area (TPSA) is 78.2 Å². The molecule has 0 radical (unpaired) electrons. The van der Waals surface area contributed by atoms with E-state index in [0.717, 1.165) is 25.7 Å². The van der Waals surface area contributed by atoms with Crippen molar-refractivity contribution < 1.29 is 4.79 Å². The van der Waals surface area contributed by atoms with E-state index in [4.69, 9.17) is 5.53 Å². The fourth-order valence-electron chi connectivity index (χ4n) is 1.60. The van der Waals surface area contributed by atoms with Crippen molar-refractivity contribution in [3.8, 4) is 0 Å². The summed E-state index contributed by atoms with van der Waals surface area (Å²) < 4.78 is 0. The zero-order valence-electron chi connectivity index (χ0n) is 6.73. The lowest BCUT2D eigenvalue weighted by atomic mass is 9.99. The van der Waals surface area contributed by atoms with Gasteiger partial charge in [0.15, 0.2) is 0 Å². The number of azide groups is 1. The number of carbonyl (C=O) groups excluding carboxylic acids is 1. The molecule has 0 spiro atoms. The molecule has 0 atom stereocenters. The first-order chi connectivity index (χ1) is 5.83. The Labute approximate surface area is 70.1 Å². The molecule has 5 nitrogen and oxygen atoms in total. The van der Waals surface area contributed by atoms with Gasteiger partial charge in [-0.15, -0.1) is 0 Å². The third-order valence-corrected chi connectivity index (χ3v) is 2.25. The molecule has 64 valence electrons. The lowest BCUT2D eigenvalue weighted by Crippen LogP contribution is -2.25. The van der Waals surface area contributed by atoms with E-state index in [1.165, 1.54) is 0 Å². The van der Waals surface area contributed by atoms with Crippen molar-refractivity contribution in [2.24, 2.45) is 10.1 Å². The van der Waals surface area contributed by atoms with Gasteiger partial charge in [0.05, 0.1) is 12.1 Å². The van der Waals surface area contributed by atoms with Gasteiger partial charge in [0.2, 0.25) is 6.08 Å². The maximum Gasteiger partial charge on any atom is 0.235 e. The number of isocyanates is 1. The molecule has 0 unspecified atom stereocenters. The van der Waals surface area contributed by atoms with Crippen molar-refractivity contribution in [1.82, 2.24) is 0 Å². The molecule has 5 heteroatoms. The summed E-state index contributed by atoms with van der Waals surface area (Å²) in [4.78, 5) is 16.5. The summed E-state index contributed by atoms with van der Waals surface area (Å²) in [5, 5.41) is 3.45. The second-order valence-electron chi connectivity index (χ2n) is 3.02. The zero-order chi connectivity index (χ0) is 8.86. The maximum atomic E-state index is 10.1. The normalized spacial score (nSPS) is 19.3. The molecule has 1 rings (SSSR count). The lowest BCUT2D eigenvalue weighted by molar-refractivity contribution is 0.446. The van der Waals surface area contributed by atoms with Gasteiger partial charge in [-0.2, -0.15) is 4.99 Å². The van der Waals surface area contributed by atoms with Gasteiger partial charge in [0.1, 0.15) is 0 Å². The van der Waals surface area contributed by atoms with Gasteiger partial charge in [-0.05, 0) is 18.4 Å². The van der Waals surface area contributed by atoms with Crippen LogP contribution in [-0.2, 0) is 4.79 Å². The summed E-state index contributed by atoms with van der Waals surface area (Å²) >= 11 is 0. The number of aliphatic imine (C=N–C) groups is 1. The van der Waals surface area contributed by atoms with Crippen LogP contribution < -0.4 is 0 Å². The van der Waals surface area contributed by atoms with Crippen LogP contribution in [0.2, 0.25) is 0 Å². The van der Waals surface area contributed by atoms with E-state index in [-0.39, 0.29) is 0 Å². The molecule has 1 aliphatic rings. The third kappa shape index (κ3) is 1.84. The highest BCUT2D eigenvalue weighted by atomic mass is 16.1. The first kappa shape index (κ1) is 8.78. The van der Waals surface area contributed by atoms with E-state index < -0.39 is 5.54 Å². The first-order valence-electron chi connectivity index (χ1n) is 3.93. The van der Waals surface area contributed by atoms with Crippen LogP contribution >= 0.6 is 0 Å². The van der Waals surface area contributed by atoms with Gasteiger partial charge in [0, 0.05) is 4.91 Å². The van der Waals surface area contributed by atoms with Crippen LogP contribution in [0, 0.1) is 0 Å². The molecule has 0 aromatic heterocycles. The van der Waals surface area contributed by atoms with Crippen molar-refractivity contribution in [1.29, 1.82) is 0 Å². The summed E-state index contributed by atoms with van der Waals surface area (Å²) in [7, 11) is 0. The molecule has 1 saturated carbocycles. The predicted molar refractivity (Wildman–Crippen MR) is 43.3 cm³/mol. The molecule has 0 aromatic rings. The second-order valence-corrected chi connectivity index (χ2v) is 3.02. The minimum Gasteiger partial charge on any atom is -0.211 e. The Bertz CT molecular complexity index is 244. The van der Waals surface area contributed by atoms with Crippen molar-refractivity contribution in [2.75, 3.05) is 6.54 Å². The van der Waals surface area contributed by atoms with Crippen LogP contribution in [0.25, 0.3) is 10.4 Å². The van der Waals surface area contributed by atoms with E-state index in [2.05, 4.69) is 15.0 Å². The molecule has 0 aromatic carbocycles. The standard InChI is InChI=1S/C7H10N4O/c8-11-10-5-7(9-6-12)3-1-2-4-7/h1-5H2. The zero-order valence-corrected chi connectivity index (χ0v) is 6.73. The number of nitrogens with zero attached hydrogens (tertiary/aromatic N) is 4. The summed E-state index contributed by atoms with van der Waals surface area (Å²) in [5.41, 5.74) is 7.70. The summed E-state index contributed by atoms with van der Waals surface area (Å²) in [5.74, 6) is 0. The number of hydrogen-bond acceptors (Lipinski definition) is 3. The molecule has 0 saturated heterocycles. The summed E-state index contributed by atoms with van der Waals surface area (Å²) in [6.45, 7) is 0.290. The van der Waals surface area contributed by atoms with Crippen LogP contribution in [0.3, 0.4) is 0 Å². The Morgan fingerprint density at radius 2 is 2.17 bits per heavy atom. The highest BCUT2D eigenvalue weighted by Gasteiger charge is 2.32. The van der Waals surface area contributed by atoms with Crippen LogP contribution in [0.4, 0.5) is 0 Å². The van der Waals surface area contributed by atoms with E-state index in [0.29, 0.717) is 6.54 Å². The van der Waals surface area contributed by atoms with Gasteiger partial charge in [-0.25, -0.2) is 4.79 Å². The molecular weight excluding hydrogens is 156 g/mol. The van der Waals surface area contributed by atoms with Gasteiger partial charge >= 0.3 is 0 Å². The molecular formula is C7H10N4O. The van der Waals surface area contributed by atoms with Crippen molar-refractivity contribution in [2.45, 2.75) is 31.2 Å². The average Bonchev–Trinajstić information content (AvgIpc) is 2.51. The third-order valence-electron chi connectivity index (χ3n) is 2.25. The molecule has 12 heavy (non-hydrogen) atoms. The first-order valence-corrected chi connectivity index (χ1v) is 3.93. The van der Waals surface area contributed by atoms with E-state index in [1.54, 1.807) is 6.08 Å². The highest BCUT2D eigenvalue weighted by molar-refractivity contribution is 5.35. The quantitative estimate of drug-likeness (QED) is 0.207. The molecule has 0 N–H and O–H groups in total. The van der Waals surface area contributed by atoms with Gasteiger partial charge in [-0.1, -0.05) is 18.0 Å². The minimum absolute atomic E-state index is 0.290. The molecule has 0 aliphatic heterocycles. The van der Waals surface area contributed by atoms with Crippen molar-refractivity contribution >= 4 is 6.08 Å². The summed E-state index contributed by atoms with van der Waals surface area (Å²) in [6.07, 6.45) is 5.32. The van der Waals surface area contributed by atoms with E-state index in [9.17, 15) is 4.79 Å². The number of hydrogen-bond donors (Lipinski definition) is 0. The monoisotopic (exact) mass is 166 g/mol. The van der Waals surface area contributed by atoms with Crippen LogP contribution in [0.15, 0.2) is 10.1 Å². The van der Waals surface area contributed by atoms with Crippen molar-refractivity contribution in [3.05, 3.63) is 10.4 Å². The molecule has 0 amide bonds. The van der Waals surface area contributed by atoms with Crippen LogP contribution in [-0.4, -0.2) is 18.2 Å². The minimum atomic E-state index is -0.423. The summed E-state index contributed by atoms with van der Waals surface area (Å²) in [6, 6.07) is 0. The molecule has 1 aliphatic carbocycles. The van der Waals surface area contributed by atoms with E-state index in [1.807, 2.05) is 0 Å². The molecule has 0 bridgehead atoms. The maximum absolute atomic E-state index is 10.1. The Morgan fingerprint density at radius 3 is 2.67 bits per heavy atom.